The van der Waals surface area contributed by atoms with E-state index in [2.05, 4.69) is 28.5 Å². The molecule has 1 amide bonds. The van der Waals surface area contributed by atoms with Crippen LogP contribution >= 0.6 is 0 Å². The third-order valence-corrected chi connectivity index (χ3v) is 8.32. The van der Waals surface area contributed by atoms with E-state index >= 15 is 0 Å². The van der Waals surface area contributed by atoms with Gasteiger partial charge in [-0.2, -0.15) is 4.31 Å². The zero-order valence-corrected chi connectivity index (χ0v) is 19.6. The van der Waals surface area contributed by atoms with Gasteiger partial charge in [-0.15, -0.1) is 0 Å². The number of aromatic amines is 1. The van der Waals surface area contributed by atoms with Crippen molar-refractivity contribution < 1.29 is 13.2 Å². The van der Waals surface area contributed by atoms with Gasteiger partial charge < -0.3 is 10.3 Å². The zero-order valence-electron chi connectivity index (χ0n) is 18.8. The Kier molecular flexibility index (Phi) is 6.22. The maximum atomic E-state index is 13.2. The number of carbonyl (C=O) groups excluding carboxylic acids is 1. The Hall–Kier alpha value is -3.42. The average molecular weight is 474 g/mol. The lowest BCUT2D eigenvalue weighted by Gasteiger charge is -2.26. The fraction of sp³-hybridized carbons (Fsp3) is 0.222. The summed E-state index contributed by atoms with van der Waals surface area (Å²) in [7, 11) is -3.58. The number of nitrogens with one attached hydrogen (secondary N) is 2. The van der Waals surface area contributed by atoms with Crippen molar-refractivity contribution in [1.82, 2.24) is 14.6 Å². The minimum atomic E-state index is -3.58. The summed E-state index contributed by atoms with van der Waals surface area (Å²) >= 11 is 0. The Morgan fingerprint density at radius 2 is 1.59 bits per heavy atom. The summed E-state index contributed by atoms with van der Waals surface area (Å²) in [6, 6.07) is 24.9. The van der Waals surface area contributed by atoms with Crippen LogP contribution in [0, 0.1) is 0 Å². The first kappa shape index (κ1) is 22.4. The molecule has 0 radical (unpaired) electrons. The van der Waals surface area contributed by atoms with Crippen LogP contribution in [0.3, 0.4) is 0 Å². The molecular weight excluding hydrogens is 446 g/mol. The van der Waals surface area contributed by atoms with Gasteiger partial charge in [0, 0.05) is 30.5 Å². The van der Waals surface area contributed by atoms with E-state index in [-0.39, 0.29) is 17.3 Å². The highest BCUT2D eigenvalue weighted by Crippen LogP contribution is 2.26. The molecule has 0 saturated carbocycles. The van der Waals surface area contributed by atoms with Crippen LogP contribution in [0.4, 0.5) is 0 Å². The van der Waals surface area contributed by atoms with Crippen molar-refractivity contribution in [3.8, 4) is 11.1 Å². The molecular formula is C27H27N3O3S. The second kappa shape index (κ2) is 9.44. The molecule has 2 N–H and O–H groups in total. The first-order valence-electron chi connectivity index (χ1n) is 11.6. The summed E-state index contributed by atoms with van der Waals surface area (Å²) in [6.07, 6.45) is 2.82. The monoisotopic (exact) mass is 473 g/mol. The Morgan fingerprint density at radius 1 is 0.853 bits per heavy atom. The number of aromatic nitrogens is 1. The highest BCUT2D eigenvalue weighted by molar-refractivity contribution is 7.89. The van der Waals surface area contributed by atoms with Crippen molar-refractivity contribution in [3.05, 3.63) is 90.1 Å². The van der Waals surface area contributed by atoms with E-state index in [0.717, 1.165) is 41.3 Å². The number of H-pyrrole nitrogens is 1. The van der Waals surface area contributed by atoms with E-state index in [0.29, 0.717) is 24.3 Å². The summed E-state index contributed by atoms with van der Waals surface area (Å²) in [6.45, 7) is 1.22. The first-order valence-corrected chi connectivity index (χ1v) is 13.0. The van der Waals surface area contributed by atoms with Crippen LogP contribution in [0.1, 0.15) is 35.3 Å². The summed E-state index contributed by atoms with van der Waals surface area (Å²) in [4.78, 5) is 16.3. The highest BCUT2D eigenvalue weighted by atomic mass is 32.2. The molecule has 0 bridgehead atoms. The molecule has 34 heavy (non-hydrogen) atoms. The lowest BCUT2D eigenvalue weighted by molar-refractivity contribution is 0.0946. The smallest absolute Gasteiger partial charge is 0.267 e. The van der Waals surface area contributed by atoms with Crippen LogP contribution in [-0.2, 0) is 16.6 Å². The highest BCUT2D eigenvalue weighted by Gasteiger charge is 2.28. The van der Waals surface area contributed by atoms with Gasteiger partial charge in [0.2, 0.25) is 10.0 Å². The second-order valence-corrected chi connectivity index (χ2v) is 10.5. The maximum Gasteiger partial charge on any atom is 0.267 e. The Balaban J connectivity index is 1.34. The van der Waals surface area contributed by atoms with Gasteiger partial charge in [-0.05, 0) is 53.8 Å². The standard InChI is InChI=1S/C27H27N3O3S/c31-27(25-18-23-17-21(13-14-24(23)29-25)20-9-3-1-4-10-20)28-19-22-11-5-6-12-26(22)34(32,33)30-15-7-2-8-16-30/h1,3-6,9-14,17-18,29H,2,7-8,15-16,19H2,(H,28,31). The fourth-order valence-electron chi connectivity index (χ4n) is 4.48. The molecule has 2 heterocycles. The van der Waals surface area contributed by atoms with E-state index in [1.54, 1.807) is 28.6 Å². The van der Waals surface area contributed by atoms with Crippen molar-refractivity contribution in [2.75, 3.05) is 13.1 Å². The fourth-order valence-corrected chi connectivity index (χ4v) is 6.22. The van der Waals surface area contributed by atoms with Crippen molar-refractivity contribution in [2.45, 2.75) is 30.7 Å². The summed E-state index contributed by atoms with van der Waals surface area (Å²) in [5, 5.41) is 3.83. The summed E-state index contributed by atoms with van der Waals surface area (Å²) in [5.41, 5.74) is 4.09. The topological polar surface area (TPSA) is 82.3 Å². The van der Waals surface area contributed by atoms with Crippen molar-refractivity contribution in [3.63, 3.8) is 0 Å². The van der Waals surface area contributed by atoms with Crippen LogP contribution in [0.15, 0.2) is 83.8 Å². The van der Waals surface area contributed by atoms with Gasteiger partial charge in [-0.1, -0.05) is 61.0 Å². The average Bonchev–Trinajstić information content (AvgIpc) is 3.32. The normalized spacial score (nSPS) is 14.8. The lowest BCUT2D eigenvalue weighted by Crippen LogP contribution is -2.36. The molecule has 3 aromatic carbocycles. The Morgan fingerprint density at radius 3 is 2.38 bits per heavy atom. The predicted molar refractivity (Wildman–Crippen MR) is 134 cm³/mol. The number of carbonyl (C=O) groups is 1. The van der Waals surface area contributed by atoms with Crippen LogP contribution in [0.25, 0.3) is 22.0 Å². The van der Waals surface area contributed by atoms with E-state index in [1.165, 1.54) is 0 Å². The molecule has 1 saturated heterocycles. The van der Waals surface area contributed by atoms with Crippen molar-refractivity contribution >= 4 is 26.8 Å². The van der Waals surface area contributed by atoms with Gasteiger partial charge in [0.25, 0.3) is 5.91 Å². The van der Waals surface area contributed by atoms with Crippen molar-refractivity contribution in [2.24, 2.45) is 0 Å². The molecule has 0 aliphatic carbocycles. The van der Waals surface area contributed by atoms with Gasteiger partial charge in [-0.3, -0.25) is 4.79 Å². The number of amides is 1. The third-order valence-electron chi connectivity index (χ3n) is 6.32. The van der Waals surface area contributed by atoms with E-state index in [9.17, 15) is 13.2 Å². The molecule has 7 heteroatoms. The van der Waals surface area contributed by atoms with Gasteiger partial charge >= 0.3 is 0 Å². The molecule has 0 atom stereocenters. The molecule has 1 fully saturated rings. The lowest BCUT2D eigenvalue weighted by atomic mass is 10.0. The summed E-state index contributed by atoms with van der Waals surface area (Å²) < 4.78 is 27.9. The van der Waals surface area contributed by atoms with E-state index < -0.39 is 10.0 Å². The van der Waals surface area contributed by atoms with Crippen LogP contribution in [-0.4, -0.2) is 36.7 Å². The number of fused-ring (bicyclic) bond motifs is 1. The van der Waals surface area contributed by atoms with Crippen LogP contribution in [0.2, 0.25) is 0 Å². The molecule has 174 valence electrons. The molecule has 5 rings (SSSR count). The SMILES string of the molecule is O=C(NCc1ccccc1S(=O)(=O)N1CCCCC1)c1cc2cc(-c3ccccc3)ccc2[nH]1. The largest absolute Gasteiger partial charge is 0.351 e. The third kappa shape index (κ3) is 4.49. The number of rotatable bonds is 6. The molecule has 0 unspecified atom stereocenters. The zero-order chi connectivity index (χ0) is 23.5. The number of piperidine rings is 1. The number of benzene rings is 3. The minimum Gasteiger partial charge on any atom is -0.351 e. The minimum absolute atomic E-state index is 0.132. The molecule has 4 aromatic rings. The first-order chi connectivity index (χ1) is 16.5. The van der Waals surface area contributed by atoms with Gasteiger partial charge in [0.1, 0.15) is 5.69 Å². The van der Waals surface area contributed by atoms with Gasteiger partial charge in [-0.25, -0.2) is 8.42 Å². The molecule has 6 nitrogen and oxygen atoms in total. The van der Waals surface area contributed by atoms with Gasteiger partial charge in [0.15, 0.2) is 0 Å². The van der Waals surface area contributed by atoms with E-state index in [1.807, 2.05) is 36.4 Å². The number of sulfonamides is 1. The van der Waals surface area contributed by atoms with Crippen molar-refractivity contribution in [1.29, 1.82) is 0 Å². The quantitative estimate of drug-likeness (QED) is 0.416. The predicted octanol–water partition coefficient (Wildman–Crippen LogP) is 4.94. The molecule has 1 aromatic heterocycles. The molecule has 1 aliphatic rings. The van der Waals surface area contributed by atoms with Gasteiger partial charge in [0.05, 0.1) is 4.90 Å². The van der Waals surface area contributed by atoms with Crippen LogP contribution in [0.5, 0.6) is 0 Å². The second-order valence-electron chi connectivity index (χ2n) is 8.61. The van der Waals surface area contributed by atoms with E-state index in [4.69, 9.17) is 0 Å². The summed E-state index contributed by atoms with van der Waals surface area (Å²) in [5.74, 6) is -0.275. The Bertz CT molecular complexity index is 1420. The maximum absolute atomic E-state index is 13.2. The Labute approximate surface area is 199 Å². The number of hydrogen-bond acceptors (Lipinski definition) is 3. The van der Waals surface area contributed by atoms with Crippen LogP contribution < -0.4 is 5.32 Å². The molecule has 1 aliphatic heterocycles. The number of hydrogen-bond donors (Lipinski definition) is 2. The molecule has 0 spiro atoms. The number of nitrogens with zero attached hydrogens (tertiary/aromatic N) is 1.